The molecule has 0 bridgehead atoms. The molecule has 1 aromatic heterocycles. The first kappa shape index (κ1) is 14.8. The lowest BCUT2D eigenvalue weighted by molar-refractivity contribution is 0.139. The molecule has 0 fully saturated rings. The Morgan fingerprint density at radius 3 is 2.80 bits per heavy atom. The molecule has 0 aliphatic rings. The first-order valence-corrected chi connectivity index (χ1v) is 7.07. The van der Waals surface area contributed by atoms with E-state index in [1.54, 1.807) is 12.3 Å². The SMILES string of the molecule is O=C(NCc1ncc(Br)cc1Cl)OCc1ccccc1. The van der Waals surface area contributed by atoms with Crippen LogP contribution in [0.5, 0.6) is 0 Å². The van der Waals surface area contributed by atoms with Gasteiger partial charge in [-0.1, -0.05) is 41.9 Å². The molecule has 1 aromatic carbocycles. The zero-order chi connectivity index (χ0) is 14.4. The fourth-order valence-electron chi connectivity index (χ4n) is 1.50. The lowest BCUT2D eigenvalue weighted by Crippen LogP contribution is -2.24. The molecule has 2 rings (SSSR count). The van der Waals surface area contributed by atoms with Crippen LogP contribution in [0.25, 0.3) is 0 Å². The number of carbonyl (C=O) groups is 1. The van der Waals surface area contributed by atoms with Crippen LogP contribution in [0.4, 0.5) is 4.79 Å². The average Bonchev–Trinajstić information content (AvgIpc) is 2.45. The van der Waals surface area contributed by atoms with Crippen molar-refractivity contribution in [2.75, 3.05) is 0 Å². The van der Waals surface area contributed by atoms with E-state index in [-0.39, 0.29) is 13.2 Å². The number of pyridine rings is 1. The van der Waals surface area contributed by atoms with Crippen molar-refractivity contribution >= 4 is 33.6 Å². The lowest BCUT2D eigenvalue weighted by atomic mass is 10.2. The van der Waals surface area contributed by atoms with Crippen molar-refractivity contribution in [2.24, 2.45) is 0 Å². The summed E-state index contributed by atoms with van der Waals surface area (Å²) in [6.07, 6.45) is 1.12. The summed E-state index contributed by atoms with van der Waals surface area (Å²) in [5.41, 5.74) is 1.52. The van der Waals surface area contributed by atoms with E-state index in [4.69, 9.17) is 16.3 Å². The second-order valence-electron chi connectivity index (χ2n) is 4.00. The van der Waals surface area contributed by atoms with Gasteiger partial charge < -0.3 is 10.1 Å². The van der Waals surface area contributed by atoms with Crippen LogP contribution >= 0.6 is 27.5 Å². The fourth-order valence-corrected chi connectivity index (χ4v) is 2.20. The predicted molar refractivity (Wildman–Crippen MR) is 80.4 cm³/mol. The molecule has 2 aromatic rings. The van der Waals surface area contributed by atoms with Crippen LogP contribution in [0.2, 0.25) is 5.02 Å². The van der Waals surface area contributed by atoms with Crippen molar-refractivity contribution < 1.29 is 9.53 Å². The van der Waals surface area contributed by atoms with Crippen LogP contribution < -0.4 is 5.32 Å². The third-order valence-corrected chi connectivity index (χ3v) is 3.26. The summed E-state index contributed by atoms with van der Waals surface area (Å²) >= 11 is 9.27. The number of hydrogen-bond acceptors (Lipinski definition) is 3. The molecular weight excluding hydrogens is 344 g/mol. The minimum atomic E-state index is -0.505. The van der Waals surface area contributed by atoms with Gasteiger partial charge in [0, 0.05) is 10.7 Å². The van der Waals surface area contributed by atoms with Crippen molar-refractivity contribution in [2.45, 2.75) is 13.2 Å². The van der Waals surface area contributed by atoms with E-state index in [0.29, 0.717) is 10.7 Å². The Bertz CT molecular complexity index is 593. The highest BCUT2D eigenvalue weighted by Crippen LogP contribution is 2.18. The molecule has 1 N–H and O–H groups in total. The number of halogens is 2. The Labute approximate surface area is 130 Å². The lowest BCUT2D eigenvalue weighted by Gasteiger charge is -2.08. The van der Waals surface area contributed by atoms with E-state index in [0.717, 1.165) is 10.0 Å². The number of rotatable bonds is 4. The van der Waals surface area contributed by atoms with Crippen LogP contribution in [0.15, 0.2) is 47.1 Å². The first-order valence-electron chi connectivity index (χ1n) is 5.89. The van der Waals surface area contributed by atoms with Crippen LogP contribution in [-0.2, 0) is 17.9 Å². The van der Waals surface area contributed by atoms with Crippen molar-refractivity contribution in [1.29, 1.82) is 0 Å². The van der Waals surface area contributed by atoms with Gasteiger partial charge in [0.25, 0.3) is 0 Å². The highest BCUT2D eigenvalue weighted by molar-refractivity contribution is 9.10. The largest absolute Gasteiger partial charge is 0.445 e. The van der Waals surface area contributed by atoms with Gasteiger partial charge in [-0.15, -0.1) is 0 Å². The van der Waals surface area contributed by atoms with E-state index in [1.165, 1.54) is 0 Å². The summed E-state index contributed by atoms with van der Waals surface area (Å²) in [4.78, 5) is 15.7. The van der Waals surface area contributed by atoms with E-state index < -0.39 is 6.09 Å². The quantitative estimate of drug-likeness (QED) is 0.904. The molecule has 0 saturated carbocycles. The van der Waals surface area contributed by atoms with Gasteiger partial charge in [-0.05, 0) is 27.6 Å². The summed E-state index contributed by atoms with van der Waals surface area (Å²) < 4.78 is 5.87. The number of amides is 1. The Kier molecular flexibility index (Phi) is 5.38. The standard InChI is InChI=1S/C14H12BrClN2O2/c15-11-6-12(16)13(17-7-11)8-18-14(19)20-9-10-4-2-1-3-5-10/h1-7H,8-9H2,(H,18,19). The Morgan fingerprint density at radius 1 is 1.35 bits per heavy atom. The zero-order valence-electron chi connectivity index (χ0n) is 10.5. The fraction of sp³-hybridized carbons (Fsp3) is 0.143. The highest BCUT2D eigenvalue weighted by atomic mass is 79.9. The van der Waals surface area contributed by atoms with E-state index in [2.05, 4.69) is 26.2 Å². The maximum absolute atomic E-state index is 11.6. The van der Waals surface area contributed by atoms with Gasteiger partial charge >= 0.3 is 6.09 Å². The number of benzene rings is 1. The number of carbonyl (C=O) groups excluding carboxylic acids is 1. The van der Waals surface area contributed by atoms with Gasteiger partial charge in [0.1, 0.15) is 6.61 Å². The summed E-state index contributed by atoms with van der Waals surface area (Å²) in [5, 5.41) is 3.09. The molecule has 0 unspecified atom stereocenters. The predicted octanol–water partition coefficient (Wildman–Crippen LogP) is 3.92. The zero-order valence-corrected chi connectivity index (χ0v) is 12.8. The van der Waals surface area contributed by atoms with Gasteiger partial charge in [-0.3, -0.25) is 4.98 Å². The third kappa shape index (κ3) is 4.51. The number of ether oxygens (including phenoxy) is 1. The summed E-state index contributed by atoms with van der Waals surface area (Å²) in [5.74, 6) is 0. The molecule has 0 radical (unpaired) electrons. The molecule has 0 spiro atoms. The smallest absolute Gasteiger partial charge is 0.407 e. The molecule has 1 amide bonds. The molecule has 1 heterocycles. The Hall–Kier alpha value is -1.59. The second-order valence-corrected chi connectivity index (χ2v) is 5.32. The molecule has 0 atom stereocenters. The molecule has 0 saturated heterocycles. The van der Waals surface area contributed by atoms with E-state index in [9.17, 15) is 4.79 Å². The molecule has 20 heavy (non-hydrogen) atoms. The van der Waals surface area contributed by atoms with Gasteiger partial charge in [0.15, 0.2) is 0 Å². The Morgan fingerprint density at radius 2 is 2.10 bits per heavy atom. The van der Waals surface area contributed by atoms with Crippen molar-refractivity contribution in [1.82, 2.24) is 10.3 Å². The van der Waals surface area contributed by atoms with Crippen LogP contribution in [0.3, 0.4) is 0 Å². The van der Waals surface area contributed by atoms with Gasteiger partial charge in [0.05, 0.1) is 17.3 Å². The van der Waals surface area contributed by atoms with Crippen molar-refractivity contribution in [3.8, 4) is 0 Å². The number of nitrogens with one attached hydrogen (secondary N) is 1. The molecule has 6 heteroatoms. The normalized spacial score (nSPS) is 10.1. The summed E-state index contributed by atoms with van der Waals surface area (Å²) in [6, 6.07) is 11.2. The van der Waals surface area contributed by atoms with Crippen LogP contribution in [0, 0.1) is 0 Å². The number of nitrogens with zero attached hydrogens (tertiary/aromatic N) is 1. The average molecular weight is 356 g/mol. The summed E-state index contributed by atoms with van der Waals surface area (Å²) in [7, 11) is 0. The maximum atomic E-state index is 11.6. The minimum Gasteiger partial charge on any atom is -0.445 e. The van der Waals surface area contributed by atoms with Crippen LogP contribution in [0.1, 0.15) is 11.3 Å². The molecule has 4 nitrogen and oxygen atoms in total. The molecular formula is C14H12BrClN2O2. The van der Waals surface area contributed by atoms with Crippen molar-refractivity contribution in [3.63, 3.8) is 0 Å². The third-order valence-electron chi connectivity index (χ3n) is 2.50. The van der Waals surface area contributed by atoms with Gasteiger partial charge in [-0.2, -0.15) is 0 Å². The number of alkyl carbamates (subject to hydrolysis) is 1. The molecule has 104 valence electrons. The van der Waals surface area contributed by atoms with E-state index in [1.807, 2.05) is 30.3 Å². The Balaban J connectivity index is 1.80. The second kappa shape index (κ2) is 7.26. The molecule has 0 aliphatic heterocycles. The maximum Gasteiger partial charge on any atom is 0.407 e. The minimum absolute atomic E-state index is 0.222. The van der Waals surface area contributed by atoms with Crippen molar-refractivity contribution in [3.05, 3.63) is 63.3 Å². The van der Waals surface area contributed by atoms with Gasteiger partial charge in [-0.25, -0.2) is 4.79 Å². The van der Waals surface area contributed by atoms with Gasteiger partial charge in [0.2, 0.25) is 0 Å². The first-order chi connectivity index (χ1) is 9.65. The van der Waals surface area contributed by atoms with E-state index >= 15 is 0 Å². The number of aromatic nitrogens is 1. The monoisotopic (exact) mass is 354 g/mol. The summed E-state index contributed by atoms with van der Waals surface area (Å²) in [6.45, 7) is 0.452. The van der Waals surface area contributed by atoms with Crippen LogP contribution in [-0.4, -0.2) is 11.1 Å². The molecule has 0 aliphatic carbocycles. The number of hydrogen-bond donors (Lipinski definition) is 1. The topological polar surface area (TPSA) is 51.2 Å². The highest BCUT2D eigenvalue weighted by Gasteiger charge is 2.06.